The minimum atomic E-state index is -0.569. The van der Waals surface area contributed by atoms with Crippen molar-refractivity contribution in [2.24, 2.45) is 5.73 Å². The van der Waals surface area contributed by atoms with Crippen molar-refractivity contribution in [3.8, 4) is 0 Å². The molecule has 1 unspecified atom stereocenters. The molecule has 1 aromatic heterocycles. The topological polar surface area (TPSA) is 93.8 Å². The second-order valence-electron chi connectivity index (χ2n) is 2.52. The molecular formula is C6H10N4O2. The summed E-state index contributed by atoms with van der Waals surface area (Å²) in [5, 5.41) is 2.37. The van der Waals surface area contributed by atoms with E-state index >= 15 is 0 Å². The first kappa shape index (κ1) is 8.51. The molecule has 1 heterocycles. The van der Waals surface area contributed by atoms with E-state index in [4.69, 9.17) is 5.73 Å². The van der Waals surface area contributed by atoms with Crippen molar-refractivity contribution in [1.29, 1.82) is 0 Å². The Kier molecular flexibility index (Phi) is 1.99. The van der Waals surface area contributed by atoms with Gasteiger partial charge in [0, 0.05) is 0 Å². The van der Waals surface area contributed by atoms with E-state index in [1.807, 2.05) is 0 Å². The van der Waals surface area contributed by atoms with Crippen molar-refractivity contribution in [3.05, 3.63) is 16.3 Å². The van der Waals surface area contributed by atoms with Crippen molar-refractivity contribution in [1.82, 2.24) is 14.8 Å². The normalized spacial score (nSPS) is 12.8. The molecule has 0 saturated carbocycles. The lowest BCUT2D eigenvalue weighted by molar-refractivity contribution is -0.121. The minimum absolute atomic E-state index is 0.450. The molecule has 0 spiro atoms. The average molecular weight is 170 g/mol. The monoisotopic (exact) mass is 170 g/mol. The van der Waals surface area contributed by atoms with Gasteiger partial charge in [-0.1, -0.05) is 0 Å². The quantitative estimate of drug-likeness (QED) is 0.591. The highest BCUT2D eigenvalue weighted by atomic mass is 16.2. The zero-order chi connectivity index (χ0) is 9.30. The summed E-state index contributed by atoms with van der Waals surface area (Å²) in [5.41, 5.74) is 4.56. The molecule has 12 heavy (non-hydrogen) atoms. The molecule has 0 aromatic carbocycles. The van der Waals surface area contributed by atoms with Crippen LogP contribution in [-0.4, -0.2) is 20.7 Å². The van der Waals surface area contributed by atoms with Gasteiger partial charge in [0.2, 0.25) is 5.91 Å². The van der Waals surface area contributed by atoms with Gasteiger partial charge in [0.05, 0.1) is 0 Å². The highest BCUT2D eigenvalue weighted by molar-refractivity contribution is 5.77. The lowest BCUT2D eigenvalue weighted by Gasteiger charge is -2.08. The molecule has 0 fully saturated rings. The molecule has 0 aliphatic carbocycles. The van der Waals surface area contributed by atoms with Gasteiger partial charge in [0.15, 0.2) is 0 Å². The fourth-order valence-corrected chi connectivity index (χ4v) is 0.914. The number of aryl methyl sites for hydroxylation is 1. The second-order valence-corrected chi connectivity index (χ2v) is 2.52. The minimum Gasteiger partial charge on any atom is -0.368 e. The van der Waals surface area contributed by atoms with Crippen LogP contribution >= 0.6 is 0 Å². The number of aromatic nitrogens is 3. The van der Waals surface area contributed by atoms with Gasteiger partial charge < -0.3 is 5.73 Å². The van der Waals surface area contributed by atoms with Crippen molar-refractivity contribution in [2.45, 2.75) is 19.9 Å². The molecule has 0 aliphatic rings. The first-order valence-electron chi connectivity index (χ1n) is 3.47. The van der Waals surface area contributed by atoms with Gasteiger partial charge in [0.25, 0.3) is 0 Å². The van der Waals surface area contributed by atoms with Crippen LogP contribution in [0, 0.1) is 6.92 Å². The zero-order valence-corrected chi connectivity index (χ0v) is 6.87. The summed E-state index contributed by atoms with van der Waals surface area (Å²) in [6.45, 7) is 3.21. The molecular weight excluding hydrogens is 160 g/mol. The van der Waals surface area contributed by atoms with Gasteiger partial charge in [-0.05, 0) is 13.8 Å². The van der Waals surface area contributed by atoms with Gasteiger partial charge in [0.1, 0.15) is 11.9 Å². The standard InChI is InChI=1S/C6H10N4O2/c1-3(5(7)11)10-4(2)8-6(12)9-10/h3H,1-2H3,(H2,7,11)(H,9,12). The van der Waals surface area contributed by atoms with Crippen LogP contribution in [0.2, 0.25) is 0 Å². The maximum atomic E-state index is 10.7. The first-order chi connectivity index (χ1) is 5.52. The van der Waals surface area contributed by atoms with Crippen LogP contribution in [0.15, 0.2) is 4.79 Å². The maximum absolute atomic E-state index is 10.7. The smallest absolute Gasteiger partial charge is 0.361 e. The molecule has 1 atom stereocenters. The van der Waals surface area contributed by atoms with Crippen LogP contribution in [0.25, 0.3) is 0 Å². The largest absolute Gasteiger partial charge is 0.368 e. The summed E-state index contributed by atoms with van der Waals surface area (Å²) in [7, 11) is 0. The number of amides is 1. The fraction of sp³-hybridized carbons (Fsp3) is 0.500. The third-order valence-corrected chi connectivity index (χ3v) is 1.63. The Morgan fingerprint density at radius 1 is 1.75 bits per heavy atom. The lowest BCUT2D eigenvalue weighted by Crippen LogP contribution is -2.26. The molecule has 66 valence electrons. The van der Waals surface area contributed by atoms with E-state index in [2.05, 4.69) is 10.1 Å². The summed E-state index contributed by atoms with van der Waals surface area (Å²) in [6.07, 6.45) is 0. The van der Waals surface area contributed by atoms with Crippen LogP contribution in [0.3, 0.4) is 0 Å². The van der Waals surface area contributed by atoms with E-state index in [0.717, 1.165) is 0 Å². The van der Waals surface area contributed by atoms with Crippen molar-refractivity contribution < 1.29 is 4.79 Å². The molecule has 0 aliphatic heterocycles. The summed E-state index contributed by atoms with van der Waals surface area (Å²) in [5.74, 6) is -0.0574. The van der Waals surface area contributed by atoms with Gasteiger partial charge in [-0.3, -0.25) is 9.48 Å². The SMILES string of the molecule is Cc1nc(=O)[nH]n1C(C)C(N)=O. The van der Waals surface area contributed by atoms with Crippen LogP contribution < -0.4 is 11.4 Å². The summed E-state index contributed by atoms with van der Waals surface area (Å²) >= 11 is 0. The lowest BCUT2D eigenvalue weighted by atomic mass is 10.3. The number of nitrogens with two attached hydrogens (primary N) is 1. The van der Waals surface area contributed by atoms with E-state index in [0.29, 0.717) is 5.82 Å². The van der Waals surface area contributed by atoms with Crippen LogP contribution in [0.4, 0.5) is 0 Å². The molecule has 6 nitrogen and oxygen atoms in total. The highest BCUT2D eigenvalue weighted by Gasteiger charge is 2.13. The molecule has 0 radical (unpaired) electrons. The Labute approximate surface area is 68.4 Å². The van der Waals surface area contributed by atoms with E-state index in [-0.39, 0.29) is 0 Å². The molecule has 1 rings (SSSR count). The Morgan fingerprint density at radius 3 is 2.67 bits per heavy atom. The highest BCUT2D eigenvalue weighted by Crippen LogP contribution is 2.02. The van der Waals surface area contributed by atoms with Gasteiger partial charge in [-0.25, -0.2) is 9.89 Å². The van der Waals surface area contributed by atoms with Crippen LogP contribution in [0.1, 0.15) is 18.8 Å². The number of nitrogens with one attached hydrogen (secondary N) is 1. The van der Waals surface area contributed by atoms with Crippen LogP contribution in [-0.2, 0) is 4.79 Å². The number of aromatic amines is 1. The van der Waals surface area contributed by atoms with Crippen molar-refractivity contribution in [2.75, 3.05) is 0 Å². The Bertz CT molecular complexity index is 351. The number of rotatable bonds is 2. The average Bonchev–Trinajstić information content (AvgIpc) is 2.28. The van der Waals surface area contributed by atoms with Gasteiger partial charge >= 0.3 is 5.69 Å². The summed E-state index contributed by atoms with van der Waals surface area (Å²) in [6, 6.07) is -0.569. The molecule has 3 N–H and O–H groups in total. The maximum Gasteiger partial charge on any atom is 0.361 e. The molecule has 1 aromatic rings. The Balaban J connectivity index is 3.10. The second kappa shape index (κ2) is 2.80. The molecule has 6 heteroatoms. The van der Waals surface area contributed by atoms with Gasteiger partial charge in [-0.2, -0.15) is 4.98 Å². The number of carbonyl (C=O) groups excluding carboxylic acids is 1. The third-order valence-electron chi connectivity index (χ3n) is 1.63. The number of hydrogen-bond acceptors (Lipinski definition) is 3. The predicted octanol–water partition coefficient (Wildman–Crippen LogP) is -1.07. The van der Waals surface area contributed by atoms with Crippen molar-refractivity contribution >= 4 is 5.91 Å². The van der Waals surface area contributed by atoms with Gasteiger partial charge in [-0.15, -0.1) is 0 Å². The number of H-pyrrole nitrogens is 1. The number of hydrogen-bond donors (Lipinski definition) is 2. The predicted molar refractivity (Wildman–Crippen MR) is 41.5 cm³/mol. The van der Waals surface area contributed by atoms with E-state index in [1.165, 1.54) is 4.68 Å². The third kappa shape index (κ3) is 1.36. The Hall–Kier alpha value is -1.59. The Morgan fingerprint density at radius 2 is 2.33 bits per heavy atom. The zero-order valence-electron chi connectivity index (χ0n) is 6.87. The molecule has 0 bridgehead atoms. The molecule has 1 amide bonds. The number of primary amides is 1. The van der Waals surface area contributed by atoms with E-state index in [1.54, 1.807) is 13.8 Å². The number of nitrogens with zero attached hydrogens (tertiary/aromatic N) is 2. The first-order valence-corrected chi connectivity index (χ1v) is 3.47. The number of carbonyl (C=O) groups is 1. The summed E-state index contributed by atoms with van der Waals surface area (Å²) < 4.78 is 1.34. The van der Waals surface area contributed by atoms with Crippen LogP contribution in [0.5, 0.6) is 0 Å². The molecule has 0 saturated heterocycles. The fourth-order valence-electron chi connectivity index (χ4n) is 0.914. The van der Waals surface area contributed by atoms with Crippen molar-refractivity contribution in [3.63, 3.8) is 0 Å². The summed E-state index contributed by atoms with van der Waals surface area (Å²) in [4.78, 5) is 25.0. The van der Waals surface area contributed by atoms with E-state index < -0.39 is 17.6 Å². The van der Waals surface area contributed by atoms with E-state index in [9.17, 15) is 9.59 Å².